The van der Waals surface area contributed by atoms with E-state index in [1.807, 2.05) is 31.2 Å². The van der Waals surface area contributed by atoms with E-state index in [0.29, 0.717) is 36.2 Å². The average Bonchev–Trinajstić information content (AvgIpc) is 3.24. The van der Waals surface area contributed by atoms with Crippen LogP contribution in [0.15, 0.2) is 28.8 Å². The molecule has 0 aliphatic heterocycles. The first-order valence-electron chi connectivity index (χ1n) is 8.52. The fourth-order valence-corrected chi connectivity index (χ4v) is 2.81. The van der Waals surface area contributed by atoms with Gasteiger partial charge in [0.05, 0.1) is 4.92 Å². The molecule has 0 saturated heterocycles. The zero-order valence-electron chi connectivity index (χ0n) is 15.3. The molecule has 1 unspecified atom stereocenters. The van der Waals surface area contributed by atoms with Gasteiger partial charge in [-0.25, -0.2) is 4.68 Å². The van der Waals surface area contributed by atoms with Crippen molar-refractivity contribution in [1.82, 2.24) is 19.9 Å². The van der Waals surface area contributed by atoms with Gasteiger partial charge in [-0.15, -0.1) is 0 Å². The van der Waals surface area contributed by atoms with Gasteiger partial charge in [-0.1, -0.05) is 36.3 Å². The van der Waals surface area contributed by atoms with E-state index in [9.17, 15) is 10.1 Å². The van der Waals surface area contributed by atoms with E-state index in [1.165, 1.54) is 4.68 Å². The first-order chi connectivity index (χ1) is 12.9. The van der Waals surface area contributed by atoms with Crippen LogP contribution in [0.3, 0.4) is 0 Å². The molecule has 0 aliphatic carbocycles. The summed E-state index contributed by atoms with van der Waals surface area (Å²) in [6.45, 7) is 3.98. The molecule has 142 valence electrons. The minimum atomic E-state index is -0.449. The maximum atomic E-state index is 11.4. The van der Waals surface area contributed by atoms with Crippen LogP contribution in [0.2, 0.25) is 0 Å². The van der Waals surface area contributed by atoms with Gasteiger partial charge in [0.25, 0.3) is 0 Å². The summed E-state index contributed by atoms with van der Waals surface area (Å²) in [6, 6.07) is 7.18. The highest BCUT2D eigenvalue weighted by Gasteiger charge is 2.28. The Morgan fingerprint density at radius 3 is 2.67 bits per heavy atom. The van der Waals surface area contributed by atoms with Crippen molar-refractivity contribution in [1.29, 1.82) is 0 Å². The standard InChI is InChI=1S/C17H21N7O3/c1-4-13(19-16-14(24(25)26)10(2)21-23(16)3)17-20-15(22-27-17)12-7-5-11(9-18)6-8-12/h5-8,13,19H,4,9,18H2,1-3H3. The van der Waals surface area contributed by atoms with E-state index in [1.54, 1.807) is 14.0 Å². The number of nitrogens with zero attached hydrogens (tertiary/aromatic N) is 5. The van der Waals surface area contributed by atoms with Crippen molar-refractivity contribution in [2.75, 3.05) is 5.32 Å². The fourth-order valence-electron chi connectivity index (χ4n) is 2.81. The Morgan fingerprint density at radius 2 is 2.07 bits per heavy atom. The molecule has 1 aromatic carbocycles. The highest BCUT2D eigenvalue weighted by molar-refractivity contribution is 5.60. The number of anilines is 1. The maximum Gasteiger partial charge on any atom is 0.333 e. The summed E-state index contributed by atoms with van der Waals surface area (Å²) in [6.07, 6.45) is 0.592. The molecule has 2 aromatic heterocycles. The van der Waals surface area contributed by atoms with E-state index < -0.39 is 4.92 Å². The normalized spacial score (nSPS) is 12.1. The summed E-state index contributed by atoms with van der Waals surface area (Å²) in [5.41, 5.74) is 7.70. The van der Waals surface area contributed by atoms with E-state index in [4.69, 9.17) is 10.3 Å². The molecular weight excluding hydrogens is 350 g/mol. The Morgan fingerprint density at radius 1 is 1.37 bits per heavy atom. The molecule has 0 saturated carbocycles. The van der Waals surface area contributed by atoms with Gasteiger partial charge in [0.2, 0.25) is 17.5 Å². The first kappa shape index (κ1) is 18.5. The van der Waals surface area contributed by atoms with Crippen LogP contribution >= 0.6 is 0 Å². The Bertz CT molecular complexity index is 946. The fraction of sp³-hybridized carbons (Fsp3) is 0.353. The number of nitro groups is 1. The van der Waals surface area contributed by atoms with Gasteiger partial charge in [0.1, 0.15) is 11.7 Å². The van der Waals surface area contributed by atoms with Gasteiger partial charge in [-0.3, -0.25) is 10.1 Å². The highest BCUT2D eigenvalue weighted by Crippen LogP contribution is 2.31. The second-order valence-electron chi connectivity index (χ2n) is 6.13. The van der Waals surface area contributed by atoms with Gasteiger partial charge < -0.3 is 15.6 Å². The van der Waals surface area contributed by atoms with Gasteiger partial charge >= 0.3 is 5.69 Å². The van der Waals surface area contributed by atoms with Crippen LogP contribution in [-0.4, -0.2) is 24.8 Å². The molecule has 10 heteroatoms. The van der Waals surface area contributed by atoms with Crippen LogP contribution in [0.25, 0.3) is 11.4 Å². The van der Waals surface area contributed by atoms with Gasteiger partial charge in [-0.2, -0.15) is 10.1 Å². The monoisotopic (exact) mass is 371 g/mol. The van der Waals surface area contributed by atoms with Gasteiger partial charge in [0.15, 0.2) is 0 Å². The van der Waals surface area contributed by atoms with Crippen LogP contribution in [0.5, 0.6) is 0 Å². The number of aromatic nitrogens is 4. The predicted molar refractivity (Wildman–Crippen MR) is 98.9 cm³/mol. The van der Waals surface area contributed by atoms with Crippen LogP contribution < -0.4 is 11.1 Å². The Kier molecular flexibility index (Phi) is 5.17. The summed E-state index contributed by atoms with van der Waals surface area (Å²) in [4.78, 5) is 15.4. The lowest BCUT2D eigenvalue weighted by atomic mass is 10.1. The molecular formula is C17H21N7O3. The van der Waals surface area contributed by atoms with Crippen molar-refractivity contribution < 1.29 is 9.45 Å². The molecule has 0 amide bonds. The third-order valence-electron chi connectivity index (χ3n) is 4.28. The molecule has 3 N–H and O–H groups in total. The second kappa shape index (κ2) is 7.54. The molecule has 0 aliphatic rings. The van der Waals surface area contributed by atoms with Crippen molar-refractivity contribution in [3.05, 3.63) is 51.5 Å². The molecule has 3 rings (SSSR count). The topological polar surface area (TPSA) is 138 Å². The van der Waals surface area contributed by atoms with E-state index in [-0.39, 0.29) is 11.7 Å². The van der Waals surface area contributed by atoms with Crippen LogP contribution in [0.1, 0.15) is 36.5 Å². The highest BCUT2D eigenvalue weighted by atomic mass is 16.6. The molecule has 10 nitrogen and oxygen atoms in total. The zero-order valence-corrected chi connectivity index (χ0v) is 15.3. The molecule has 0 radical (unpaired) electrons. The van der Waals surface area contributed by atoms with Crippen LogP contribution in [-0.2, 0) is 13.6 Å². The third kappa shape index (κ3) is 3.65. The lowest BCUT2D eigenvalue weighted by molar-refractivity contribution is -0.384. The number of hydrogen-bond acceptors (Lipinski definition) is 8. The minimum absolute atomic E-state index is 0.0620. The number of rotatable bonds is 7. The summed E-state index contributed by atoms with van der Waals surface area (Å²) in [7, 11) is 1.65. The zero-order chi connectivity index (χ0) is 19.6. The van der Waals surface area contributed by atoms with Crippen molar-refractivity contribution in [3.63, 3.8) is 0 Å². The Balaban J connectivity index is 1.87. The number of hydrogen-bond donors (Lipinski definition) is 2. The van der Waals surface area contributed by atoms with Gasteiger partial charge in [0, 0.05) is 19.2 Å². The second-order valence-corrected chi connectivity index (χ2v) is 6.13. The molecule has 1 atom stereocenters. The molecule has 3 aromatic rings. The third-order valence-corrected chi connectivity index (χ3v) is 4.28. The number of benzene rings is 1. The molecule has 0 bridgehead atoms. The van der Waals surface area contributed by atoms with Crippen molar-refractivity contribution in [3.8, 4) is 11.4 Å². The summed E-state index contributed by atoms with van der Waals surface area (Å²) in [5, 5.41) is 22.6. The van der Waals surface area contributed by atoms with E-state index >= 15 is 0 Å². The molecule has 0 spiro atoms. The smallest absolute Gasteiger partial charge is 0.333 e. The molecule has 2 heterocycles. The van der Waals surface area contributed by atoms with E-state index in [2.05, 4.69) is 20.6 Å². The van der Waals surface area contributed by atoms with Gasteiger partial charge in [-0.05, 0) is 18.9 Å². The SMILES string of the molecule is CCC(Nc1c([N+](=O)[O-])c(C)nn1C)c1nc(-c2ccc(CN)cc2)no1. The number of aryl methyl sites for hydroxylation is 2. The lowest BCUT2D eigenvalue weighted by Gasteiger charge is -2.13. The van der Waals surface area contributed by atoms with E-state index in [0.717, 1.165) is 11.1 Å². The summed E-state index contributed by atoms with van der Waals surface area (Å²) < 4.78 is 6.84. The maximum absolute atomic E-state index is 11.4. The van der Waals surface area contributed by atoms with Crippen molar-refractivity contribution in [2.24, 2.45) is 12.8 Å². The van der Waals surface area contributed by atoms with Crippen LogP contribution in [0.4, 0.5) is 11.5 Å². The number of nitrogens with one attached hydrogen (secondary N) is 1. The largest absolute Gasteiger partial charge is 0.353 e. The molecule has 27 heavy (non-hydrogen) atoms. The lowest BCUT2D eigenvalue weighted by Crippen LogP contribution is -2.14. The average molecular weight is 371 g/mol. The van der Waals surface area contributed by atoms with Crippen molar-refractivity contribution in [2.45, 2.75) is 32.9 Å². The Labute approximate surface area is 155 Å². The van der Waals surface area contributed by atoms with Crippen LogP contribution in [0, 0.1) is 17.0 Å². The number of nitrogens with two attached hydrogens (primary N) is 1. The molecule has 0 fully saturated rings. The summed E-state index contributed by atoms with van der Waals surface area (Å²) in [5.74, 6) is 1.10. The minimum Gasteiger partial charge on any atom is -0.353 e. The van der Waals surface area contributed by atoms with Crippen molar-refractivity contribution >= 4 is 11.5 Å². The summed E-state index contributed by atoms with van der Waals surface area (Å²) >= 11 is 0. The predicted octanol–water partition coefficient (Wildman–Crippen LogP) is 2.71. The first-order valence-corrected chi connectivity index (χ1v) is 8.52. The Hall–Kier alpha value is -3.27. The quantitative estimate of drug-likeness (QED) is 0.477.